The Hall–Kier alpha value is -8.52. The Bertz CT molecular complexity index is 3480. The fraction of sp³-hybridized carbons (Fsp3) is 0.737. The van der Waals surface area contributed by atoms with Crippen LogP contribution in [0.1, 0.15) is 163 Å². The van der Waals surface area contributed by atoms with E-state index in [0.29, 0.717) is 22.6 Å². The van der Waals surface area contributed by atoms with E-state index in [1.54, 1.807) is 107 Å². The zero-order chi connectivity index (χ0) is 83.1. The van der Waals surface area contributed by atoms with Crippen LogP contribution >= 0.6 is 0 Å². The standard InChI is InChI=1S/C76H125N13O19/c1-29-43(11)55-66(98)84(24)58(42(9)10)69(101)85(25)57(41(7)8)67(99)80(20)37-51(91)82(22)61(75(18,19)105)71(103)87(27)60(45(13)46(14)107-53(93)36-74(16,17)104)70(102)88(28)72(108-47(15)90)63(95)78-54(39(3)4)65(97)86(26)59(44(12)30-2)68(100)81(21)38-52(92)89-50(64(96)83(23)56(40(5)6)62(94)79-55)35-76(106)48-33-31-32-34-49(48)77-73(76)89/h31-34,39-46,50,54-61,72-73,77,104-106H,29-30,35-38H2,1-28H3,(H,78,95)(H,79,94)/t43-,44-,45-,46-,50-,54?,55?,56-,57-,58-,59-,60-,61+,72+,73-,76+/m0/s1. The number of ether oxygens (including phenoxy) is 2. The van der Waals surface area contributed by atoms with Crippen LogP contribution in [0.2, 0.25) is 0 Å². The van der Waals surface area contributed by atoms with Crippen LogP contribution in [0.5, 0.6) is 0 Å². The zero-order valence-corrected chi connectivity index (χ0v) is 68.9. The van der Waals surface area contributed by atoms with E-state index in [-0.39, 0.29) is 12.8 Å². The number of fused-ring (bicyclic) bond motifs is 5. The number of esters is 2. The van der Waals surface area contributed by atoms with Crippen molar-refractivity contribution < 1.29 is 91.9 Å². The third kappa shape index (κ3) is 20.5. The number of hydrogen-bond acceptors (Lipinski definition) is 20. The van der Waals surface area contributed by atoms with E-state index in [0.717, 1.165) is 55.3 Å². The van der Waals surface area contributed by atoms with Gasteiger partial charge in [0.25, 0.3) is 12.1 Å². The fourth-order valence-electron chi connectivity index (χ4n) is 15.0. The van der Waals surface area contributed by atoms with Gasteiger partial charge in [0.2, 0.25) is 65.0 Å². The van der Waals surface area contributed by atoms with E-state index in [9.17, 15) is 34.5 Å². The molecule has 2 saturated heterocycles. The normalized spacial score (nSPS) is 27.7. The van der Waals surface area contributed by atoms with Crippen molar-refractivity contribution >= 4 is 88.5 Å². The monoisotopic (exact) mass is 1520 g/mol. The maximum atomic E-state index is 15.6. The van der Waals surface area contributed by atoms with E-state index in [2.05, 4.69) is 16.0 Å². The second-order valence-corrected chi connectivity index (χ2v) is 32.6. The van der Waals surface area contributed by atoms with Crippen molar-refractivity contribution in [3.05, 3.63) is 29.8 Å². The molecule has 0 bridgehead atoms. The molecule has 608 valence electrons. The highest BCUT2D eigenvalue weighted by Crippen LogP contribution is 2.50. The quantitative estimate of drug-likeness (QED) is 0.136. The van der Waals surface area contributed by atoms with Crippen LogP contribution in [0.25, 0.3) is 0 Å². The molecule has 3 aliphatic rings. The Morgan fingerprint density at radius 1 is 0.519 bits per heavy atom. The predicted octanol–water partition coefficient (Wildman–Crippen LogP) is 1.65. The molecule has 1 aromatic rings. The summed E-state index contributed by atoms with van der Waals surface area (Å²) in [5.41, 5.74) is -4.82. The van der Waals surface area contributed by atoms with Gasteiger partial charge in [-0.2, -0.15) is 0 Å². The summed E-state index contributed by atoms with van der Waals surface area (Å²) >= 11 is 0. The average Bonchev–Trinajstić information content (AvgIpc) is 1.55. The number of carbonyl (C=O) groups excluding carboxylic acids is 14. The summed E-state index contributed by atoms with van der Waals surface area (Å²) in [6.45, 7) is 27.6. The molecule has 32 nitrogen and oxygen atoms in total. The third-order valence-corrected chi connectivity index (χ3v) is 21.5. The smallest absolute Gasteiger partial charge is 0.308 e. The summed E-state index contributed by atoms with van der Waals surface area (Å²) in [5.74, 6) is -17.9. The first-order valence-corrected chi connectivity index (χ1v) is 37.3. The minimum Gasteiger partial charge on any atom is -0.462 e. The number of nitrogens with zero attached hydrogens (tertiary/aromatic N) is 10. The van der Waals surface area contributed by atoms with Crippen LogP contribution in [0.15, 0.2) is 24.3 Å². The molecule has 0 spiro atoms. The minimum absolute atomic E-state index is 0.277. The maximum absolute atomic E-state index is 15.6. The van der Waals surface area contributed by atoms with Crippen LogP contribution in [-0.4, -0.2) is 308 Å². The van der Waals surface area contributed by atoms with E-state index in [1.165, 1.54) is 101 Å². The lowest BCUT2D eigenvalue weighted by Crippen LogP contribution is -2.65. The molecule has 2 fully saturated rings. The molecule has 0 aliphatic carbocycles. The summed E-state index contributed by atoms with van der Waals surface area (Å²) in [5, 5.41) is 44.1. The predicted molar refractivity (Wildman–Crippen MR) is 400 cm³/mol. The molecule has 0 aromatic heterocycles. The van der Waals surface area contributed by atoms with Gasteiger partial charge in [-0.05, 0) is 76.2 Å². The van der Waals surface area contributed by atoms with Gasteiger partial charge in [0.05, 0.1) is 30.7 Å². The van der Waals surface area contributed by atoms with Crippen molar-refractivity contribution in [2.45, 2.75) is 247 Å². The van der Waals surface area contributed by atoms with E-state index in [4.69, 9.17) is 9.47 Å². The molecule has 1 aromatic carbocycles. The second-order valence-electron chi connectivity index (χ2n) is 32.6. The summed E-state index contributed by atoms with van der Waals surface area (Å²) in [6, 6.07) is -6.71. The van der Waals surface area contributed by atoms with E-state index < -0.39 is 233 Å². The fourth-order valence-corrected chi connectivity index (χ4v) is 15.0. The largest absolute Gasteiger partial charge is 0.462 e. The topological polar surface area (TPSA) is 387 Å². The van der Waals surface area contributed by atoms with Crippen molar-refractivity contribution in [2.75, 3.05) is 81.8 Å². The lowest BCUT2D eigenvalue weighted by Gasteiger charge is -2.43. The van der Waals surface area contributed by atoms with E-state index >= 15 is 47.9 Å². The summed E-state index contributed by atoms with van der Waals surface area (Å²) in [4.78, 5) is 219. The summed E-state index contributed by atoms with van der Waals surface area (Å²) in [7, 11) is 11.4. The first-order valence-electron chi connectivity index (χ1n) is 37.3. The van der Waals surface area contributed by atoms with Gasteiger partial charge in [-0.1, -0.05) is 121 Å². The Balaban J connectivity index is 2.04. The number of benzene rings is 1. The molecule has 12 amide bonds. The Labute approximate surface area is 637 Å². The van der Waals surface area contributed by atoms with Crippen molar-refractivity contribution in [1.29, 1.82) is 0 Å². The average molecular weight is 1520 g/mol. The molecule has 3 aliphatic heterocycles. The molecular weight excluding hydrogens is 1400 g/mol. The van der Waals surface area contributed by atoms with Gasteiger partial charge in [0.15, 0.2) is 0 Å². The van der Waals surface area contributed by atoms with Crippen LogP contribution in [-0.2, 0) is 82.2 Å². The van der Waals surface area contributed by atoms with Crippen LogP contribution < -0.4 is 16.0 Å². The molecule has 2 unspecified atom stereocenters. The molecule has 32 heteroatoms. The second kappa shape index (κ2) is 36.8. The maximum Gasteiger partial charge on any atom is 0.308 e. The highest BCUT2D eigenvalue weighted by atomic mass is 16.6. The molecule has 3 heterocycles. The SMILES string of the molecule is CC[C@H](C)C1NC(=O)[C@H](C(C)C)N(C)C(=O)[C@@H]2C[C@@]3(O)c4ccccc4N[C@H]3N2C(=O)CN(C)C(=O)[C@H]([C@@H](C)CC)N(C)C(=O)C(C(C)C)NC(=O)[C@@H](OC(C)=O)N(C)C(=O)[C@H]([C@@H](C)[C@H](C)OC(=O)CC(C)(C)O)N(C)C(=O)[C@H](C(C)(C)O)N(C)C(=O)CN(C)C(=O)[C@H](C(C)C)N(C)C(=O)[C@H](C(C)C)N(C)C1=O. The van der Waals surface area contributed by atoms with Gasteiger partial charge in [0, 0.05) is 93.9 Å². The Morgan fingerprint density at radius 2 is 0.963 bits per heavy atom. The molecule has 6 N–H and O–H groups in total. The highest BCUT2D eigenvalue weighted by molar-refractivity contribution is 6.01. The summed E-state index contributed by atoms with van der Waals surface area (Å²) in [6.07, 6.45) is -5.15. The number of carbonyl (C=O) groups is 14. The number of anilines is 1. The first-order chi connectivity index (χ1) is 49.6. The van der Waals surface area contributed by atoms with Gasteiger partial charge >= 0.3 is 11.9 Å². The number of aliphatic hydroxyl groups is 3. The van der Waals surface area contributed by atoms with Crippen molar-refractivity contribution in [1.82, 2.24) is 59.6 Å². The van der Waals surface area contributed by atoms with Crippen molar-refractivity contribution in [3.8, 4) is 0 Å². The highest BCUT2D eigenvalue weighted by Gasteiger charge is 2.61. The van der Waals surface area contributed by atoms with Crippen LogP contribution in [0, 0.1) is 41.4 Å². The number of rotatable bonds is 15. The lowest BCUT2D eigenvalue weighted by molar-refractivity contribution is -0.176. The first kappa shape index (κ1) is 91.9. The Kier molecular flexibility index (Phi) is 31.3. The molecule has 4 rings (SSSR count). The number of nitrogens with one attached hydrogen (secondary N) is 3. The molecular formula is C76H125N13O19. The van der Waals surface area contributed by atoms with Gasteiger partial charge < -0.3 is 89.7 Å². The van der Waals surface area contributed by atoms with Gasteiger partial charge in [-0.3, -0.25) is 67.1 Å². The lowest BCUT2D eigenvalue weighted by atomic mass is 9.90. The molecule has 16 atom stereocenters. The molecule has 0 saturated carbocycles. The van der Waals surface area contributed by atoms with Gasteiger partial charge in [-0.25, -0.2) is 0 Å². The number of likely N-dealkylation sites (N-methyl/N-ethyl adjacent to an activating group) is 9. The van der Waals surface area contributed by atoms with E-state index in [1.807, 2.05) is 0 Å². The molecule has 0 radical (unpaired) electrons. The Morgan fingerprint density at radius 3 is 1.45 bits per heavy atom. The number of amides is 12. The van der Waals surface area contributed by atoms with Crippen LogP contribution in [0.3, 0.4) is 0 Å². The number of hydrogen-bond donors (Lipinski definition) is 6. The molecule has 108 heavy (non-hydrogen) atoms. The zero-order valence-electron chi connectivity index (χ0n) is 68.9. The third-order valence-electron chi connectivity index (χ3n) is 21.5. The van der Waals surface area contributed by atoms with Crippen molar-refractivity contribution in [3.63, 3.8) is 0 Å². The summed E-state index contributed by atoms with van der Waals surface area (Å²) < 4.78 is 11.3. The number of para-hydroxylation sites is 1. The van der Waals surface area contributed by atoms with Crippen molar-refractivity contribution in [2.24, 2.45) is 41.4 Å². The van der Waals surface area contributed by atoms with Gasteiger partial charge in [0.1, 0.15) is 72.2 Å². The minimum atomic E-state index is -2.25. The van der Waals surface area contributed by atoms with Crippen LogP contribution in [0.4, 0.5) is 5.69 Å². The van der Waals surface area contributed by atoms with Gasteiger partial charge in [-0.15, -0.1) is 0 Å².